The Morgan fingerprint density at radius 3 is 2.74 bits per heavy atom. The molecule has 0 aromatic heterocycles. The molecule has 1 aromatic rings. The van der Waals surface area contributed by atoms with E-state index in [4.69, 9.17) is 4.74 Å². The molecular formula is C13H13BrN2O3. The van der Waals surface area contributed by atoms with Gasteiger partial charge in [0.05, 0.1) is 18.8 Å². The van der Waals surface area contributed by atoms with E-state index < -0.39 is 0 Å². The van der Waals surface area contributed by atoms with Crippen LogP contribution in [0.1, 0.15) is 0 Å². The molecule has 6 heteroatoms. The first-order valence-electron chi connectivity index (χ1n) is 5.71. The maximum atomic E-state index is 12.0. The van der Waals surface area contributed by atoms with Crippen molar-refractivity contribution in [3.05, 3.63) is 40.5 Å². The first-order chi connectivity index (χ1) is 9.13. The highest BCUT2D eigenvalue weighted by atomic mass is 79.9. The monoisotopic (exact) mass is 324 g/mol. The molecule has 100 valence electrons. The summed E-state index contributed by atoms with van der Waals surface area (Å²) in [4.78, 5) is 24.9. The molecule has 1 N–H and O–H groups in total. The number of hydrogen-bond acceptors (Lipinski definition) is 4. The Morgan fingerprint density at radius 2 is 2.05 bits per heavy atom. The maximum absolute atomic E-state index is 12.0. The standard InChI is InChI=1S/C13H13BrN2O3/c1-19-7-6-16-12(17)8-11(13(16)18)15-10-5-3-2-4-9(10)14/h2-5,8,15H,6-7H2,1H3. The number of nitrogens with zero attached hydrogens (tertiary/aromatic N) is 1. The van der Waals surface area contributed by atoms with Crippen LogP contribution in [0, 0.1) is 0 Å². The minimum atomic E-state index is -0.335. The highest BCUT2D eigenvalue weighted by Gasteiger charge is 2.30. The normalized spacial score (nSPS) is 14.8. The SMILES string of the molecule is COCCN1C(=O)C=C(Nc2ccccc2Br)C1=O. The third kappa shape index (κ3) is 3.02. The minimum absolute atomic E-state index is 0.256. The summed E-state index contributed by atoms with van der Waals surface area (Å²) in [5.41, 5.74) is 1.01. The highest BCUT2D eigenvalue weighted by molar-refractivity contribution is 9.10. The quantitative estimate of drug-likeness (QED) is 0.838. The van der Waals surface area contributed by atoms with Crippen LogP contribution in [0.15, 0.2) is 40.5 Å². The van der Waals surface area contributed by atoms with Gasteiger partial charge in [0.15, 0.2) is 0 Å². The summed E-state index contributed by atoms with van der Waals surface area (Å²) in [7, 11) is 1.53. The zero-order valence-corrected chi connectivity index (χ0v) is 11.9. The number of benzene rings is 1. The fourth-order valence-corrected chi connectivity index (χ4v) is 2.08. The van der Waals surface area contributed by atoms with Gasteiger partial charge in [0.1, 0.15) is 5.70 Å². The van der Waals surface area contributed by atoms with E-state index in [0.717, 1.165) is 15.1 Å². The van der Waals surface area contributed by atoms with E-state index in [-0.39, 0.29) is 24.1 Å². The zero-order valence-electron chi connectivity index (χ0n) is 10.4. The summed E-state index contributed by atoms with van der Waals surface area (Å²) in [6.45, 7) is 0.583. The molecule has 2 amide bonds. The van der Waals surface area contributed by atoms with Crippen LogP contribution in [0.3, 0.4) is 0 Å². The maximum Gasteiger partial charge on any atom is 0.277 e. The number of carbonyl (C=O) groups excluding carboxylic acids is 2. The number of halogens is 1. The van der Waals surface area contributed by atoms with Crippen molar-refractivity contribution in [3.63, 3.8) is 0 Å². The predicted molar refractivity (Wildman–Crippen MR) is 74.4 cm³/mol. The summed E-state index contributed by atoms with van der Waals surface area (Å²) in [6.07, 6.45) is 1.30. The molecule has 1 aliphatic heterocycles. The number of amides is 2. The van der Waals surface area contributed by atoms with E-state index in [1.165, 1.54) is 13.2 Å². The molecule has 1 heterocycles. The Morgan fingerprint density at radius 1 is 1.32 bits per heavy atom. The van der Waals surface area contributed by atoms with E-state index >= 15 is 0 Å². The van der Waals surface area contributed by atoms with Crippen molar-refractivity contribution in [1.29, 1.82) is 0 Å². The largest absolute Gasteiger partial charge is 0.383 e. The van der Waals surface area contributed by atoms with E-state index in [1.807, 2.05) is 24.3 Å². The summed E-state index contributed by atoms with van der Waals surface area (Å²) < 4.78 is 5.70. The summed E-state index contributed by atoms with van der Waals surface area (Å²) in [5.74, 6) is -0.658. The second-order valence-electron chi connectivity index (χ2n) is 3.95. The number of methoxy groups -OCH3 is 1. The van der Waals surface area contributed by atoms with Crippen LogP contribution in [0.5, 0.6) is 0 Å². The fourth-order valence-electron chi connectivity index (χ4n) is 1.70. The summed E-state index contributed by atoms with van der Waals surface area (Å²) in [5, 5.41) is 2.96. The second-order valence-corrected chi connectivity index (χ2v) is 4.81. The number of nitrogens with one attached hydrogen (secondary N) is 1. The van der Waals surface area contributed by atoms with Crippen molar-refractivity contribution in [2.75, 3.05) is 25.6 Å². The molecule has 0 unspecified atom stereocenters. The lowest BCUT2D eigenvalue weighted by atomic mass is 10.3. The molecule has 0 atom stereocenters. The molecule has 0 saturated heterocycles. The fraction of sp³-hybridized carbons (Fsp3) is 0.231. The van der Waals surface area contributed by atoms with E-state index in [2.05, 4.69) is 21.2 Å². The summed E-state index contributed by atoms with van der Waals surface area (Å²) in [6, 6.07) is 7.39. The number of ether oxygens (including phenoxy) is 1. The Hall–Kier alpha value is -1.66. The van der Waals surface area contributed by atoms with Crippen molar-refractivity contribution < 1.29 is 14.3 Å². The molecule has 2 rings (SSSR count). The van der Waals surface area contributed by atoms with Gasteiger partial charge in [-0.2, -0.15) is 0 Å². The van der Waals surface area contributed by atoms with Gasteiger partial charge < -0.3 is 10.1 Å². The van der Waals surface area contributed by atoms with Crippen LogP contribution in [0.25, 0.3) is 0 Å². The van der Waals surface area contributed by atoms with Gasteiger partial charge >= 0.3 is 0 Å². The van der Waals surface area contributed by atoms with Crippen LogP contribution in [0.2, 0.25) is 0 Å². The average Bonchev–Trinajstić information content (AvgIpc) is 2.65. The number of imide groups is 1. The van der Waals surface area contributed by atoms with Crippen LogP contribution >= 0.6 is 15.9 Å². The van der Waals surface area contributed by atoms with Gasteiger partial charge in [-0.1, -0.05) is 12.1 Å². The van der Waals surface area contributed by atoms with Crippen LogP contribution in [-0.2, 0) is 14.3 Å². The molecule has 1 aliphatic rings. The summed E-state index contributed by atoms with van der Waals surface area (Å²) >= 11 is 3.38. The molecule has 0 radical (unpaired) electrons. The smallest absolute Gasteiger partial charge is 0.277 e. The molecule has 0 saturated carbocycles. The third-order valence-corrected chi connectivity index (χ3v) is 3.36. The van der Waals surface area contributed by atoms with Gasteiger partial charge in [0.25, 0.3) is 11.8 Å². The molecule has 19 heavy (non-hydrogen) atoms. The Bertz CT molecular complexity index is 542. The van der Waals surface area contributed by atoms with Gasteiger partial charge in [-0.3, -0.25) is 14.5 Å². The molecule has 0 aliphatic carbocycles. The number of hydrogen-bond donors (Lipinski definition) is 1. The van der Waals surface area contributed by atoms with E-state index in [0.29, 0.717) is 6.61 Å². The number of anilines is 1. The lowest BCUT2D eigenvalue weighted by Gasteiger charge is -2.14. The number of rotatable bonds is 5. The minimum Gasteiger partial charge on any atom is -0.383 e. The van der Waals surface area contributed by atoms with Crippen molar-refractivity contribution >= 4 is 33.4 Å². The number of para-hydroxylation sites is 1. The highest BCUT2D eigenvalue weighted by Crippen LogP contribution is 2.24. The van der Waals surface area contributed by atoms with E-state index in [1.54, 1.807) is 0 Å². The van der Waals surface area contributed by atoms with Crippen molar-refractivity contribution in [1.82, 2.24) is 4.90 Å². The van der Waals surface area contributed by atoms with Crippen LogP contribution in [0.4, 0.5) is 5.69 Å². The van der Waals surface area contributed by atoms with Crippen LogP contribution < -0.4 is 5.32 Å². The van der Waals surface area contributed by atoms with Gasteiger partial charge in [0.2, 0.25) is 0 Å². The Balaban J connectivity index is 2.10. The topological polar surface area (TPSA) is 58.6 Å². The molecule has 1 aromatic carbocycles. The van der Waals surface area contributed by atoms with Gasteiger partial charge in [-0.15, -0.1) is 0 Å². The Kier molecular flexibility index (Phi) is 4.34. The van der Waals surface area contributed by atoms with Crippen molar-refractivity contribution in [3.8, 4) is 0 Å². The third-order valence-electron chi connectivity index (χ3n) is 2.67. The first-order valence-corrected chi connectivity index (χ1v) is 6.51. The van der Waals surface area contributed by atoms with Gasteiger partial charge in [0, 0.05) is 17.7 Å². The predicted octanol–water partition coefficient (Wildman–Crippen LogP) is 1.76. The molecule has 0 bridgehead atoms. The van der Waals surface area contributed by atoms with Gasteiger partial charge in [-0.25, -0.2) is 0 Å². The molecule has 0 spiro atoms. The van der Waals surface area contributed by atoms with Gasteiger partial charge in [-0.05, 0) is 28.1 Å². The molecule has 0 fully saturated rings. The lowest BCUT2D eigenvalue weighted by Crippen LogP contribution is -2.34. The van der Waals surface area contributed by atoms with Crippen LogP contribution in [-0.4, -0.2) is 37.0 Å². The second kappa shape index (κ2) is 5.99. The lowest BCUT2D eigenvalue weighted by molar-refractivity contribution is -0.137. The zero-order chi connectivity index (χ0) is 13.8. The average molecular weight is 325 g/mol. The number of carbonyl (C=O) groups is 2. The molecule has 5 nitrogen and oxygen atoms in total. The van der Waals surface area contributed by atoms with Crippen molar-refractivity contribution in [2.45, 2.75) is 0 Å². The Labute approximate surface area is 119 Å². The van der Waals surface area contributed by atoms with E-state index in [9.17, 15) is 9.59 Å². The van der Waals surface area contributed by atoms with Crippen molar-refractivity contribution in [2.24, 2.45) is 0 Å². The first kappa shape index (κ1) is 13.8. The molecular weight excluding hydrogens is 312 g/mol.